The summed E-state index contributed by atoms with van der Waals surface area (Å²) < 4.78 is 10.8. The van der Waals surface area contributed by atoms with Crippen LogP contribution in [0.15, 0.2) is 24.3 Å². The van der Waals surface area contributed by atoms with Crippen molar-refractivity contribution in [2.75, 3.05) is 26.8 Å². The predicted molar refractivity (Wildman–Crippen MR) is 73.3 cm³/mol. The fourth-order valence-electron chi connectivity index (χ4n) is 2.40. The molecular formula is C15H23NO2. The Labute approximate surface area is 109 Å². The Bertz CT molecular complexity index is 331. The van der Waals surface area contributed by atoms with Gasteiger partial charge in [0.15, 0.2) is 0 Å². The predicted octanol–water partition coefficient (Wildman–Crippen LogP) is 2.85. The summed E-state index contributed by atoms with van der Waals surface area (Å²) in [5, 5.41) is 3.45. The van der Waals surface area contributed by atoms with Crippen LogP contribution >= 0.6 is 0 Å². The van der Waals surface area contributed by atoms with Crippen LogP contribution in [-0.4, -0.2) is 26.8 Å². The van der Waals surface area contributed by atoms with E-state index < -0.39 is 0 Å². The minimum Gasteiger partial charge on any atom is -0.497 e. The summed E-state index contributed by atoms with van der Waals surface area (Å²) >= 11 is 0. The molecule has 0 aromatic heterocycles. The molecule has 2 rings (SSSR count). The first kappa shape index (κ1) is 13.2. The molecule has 0 aliphatic carbocycles. The zero-order chi connectivity index (χ0) is 12.6. The molecule has 18 heavy (non-hydrogen) atoms. The number of hydrogen-bond donors (Lipinski definition) is 1. The van der Waals surface area contributed by atoms with Gasteiger partial charge in [0.25, 0.3) is 0 Å². The lowest BCUT2D eigenvalue weighted by Gasteiger charge is -2.22. The number of benzene rings is 1. The molecule has 1 aliphatic heterocycles. The summed E-state index contributed by atoms with van der Waals surface area (Å²) in [5.41, 5.74) is 0. The maximum absolute atomic E-state index is 5.72. The Morgan fingerprint density at radius 3 is 2.67 bits per heavy atom. The monoisotopic (exact) mass is 249 g/mol. The Morgan fingerprint density at radius 1 is 1.22 bits per heavy atom. The van der Waals surface area contributed by atoms with Crippen molar-refractivity contribution >= 4 is 0 Å². The fraction of sp³-hybridized carbons (Fsp3) is 0.600. The molecule has 1 N–H and O–H groups in total. The average molecular weight is 249 g/mol. The van der Waals surface area contributed by atoms with E-state index in [1.54, 1.807) is 7.11 Å². The molecule has 1 atom stereocenters. The summed E-state index contributed by atoms with van der Waals surface area (Å²) in [6.07, 6.45) is 5.10. The van der Waals surface area contributed by atoms with Crippen molar-refractivity contribution in [3.05, 3.63) is 24.3 Å². The standard InChI is InChI=1S/C15H23NO2/c1-17-14-6-8-15(9-7-14)18-11-3-5-13-4-2-10-16-12-13/h6-9,13,16H,2-5,10-12H2,1H3. The summed E-state index contributed by atoms with van der Waals surface area (Å²) in [5.74, 6) is 2.64. The van der Waals surface area contributed by atoms with E-state index in [2.05, 4.69) is 5.32 Å². The SMILES string of the molecule is COc1ccc(OCCCC2CCCNC2)cc1. The van der Waals surface area contributed by atoms with Gasteiger partial charge in [0.05, 0.1) is 13.7 Å². The number of rotatable bonds is 6. The van der Waals surface area contributed by atoms with E-state index in [4.69, 9.17) is 9.47 Å². The third-order valence-electron chi connectivity index (χ3n) is 3.48. The smallest absolute Gasteiger partial charge is 0.119 e. The maximum atomic E-state index is 5.72. The van der Waals surface area contributed by atoms with Crippen LogP contribution in [0.2, 0.25) is 0 Å². The Kier molecular flexibility index (Phi) is 5.34. The quantitative estimate of drug-likeness (QED) is 0.786. The summed E-state index contributed by atoms with van der Waals surface area (Å²) in [7, 11) is 1.67. The van der Waals surface area contributed by atoms with Crippen LogP contribution in [0.1, 0.15) is 25.7 Å². The number of nitrogens with one attached hydrogen (secondary N) is 1. The largest absolute Gasteiger partial charge is 0.497 e. The number of hydrogen-bond acceptors (Lipinski definition) is 3. The first-order valence-corrected chi connectivity index (χ1v) is 6.86. The van der Waals surface area contributed by atoms with Gasteiger partial charge in [-0.25, -0.2) is 0 Å². The molecule has 0 spiro atoms. The van der Waals surface area contributed by atoms with Gasteiger partial charge in [0.1, 0.15) is 11.5 Å². The second-order valence-corrected chi connectivity index (χ2v) is 4.88. The van der Waals surface area contributed by atoms with Gasteiger partial charge in [-0.3, -0.25) is 0 Å². The van der Waals surface area contributed by atoms with E-state index in [0.717, 1.165) is 30.4 Å². The summed E-state index contributed by atoms with van der Waals surface area (Å²) in [6.45, 7) is 3.18. The van der Waals surface area contributed by atoms with Crippen LogP contribution in [0.3, 0.4) is 0 Å². The third-order valence-corrected chi connectivity index (χ3v) is 3.48. The maximum Gasteiger partial charge on any atom is 0.119 e. The van der Waals surface area contributed by atoms with Crippen LogP contribution in [-0.2, 0) is 0 Å². The van der Waals surface area contributed by atoms with Gasteiger partial charge in [-0.05, 0) is 69.0 Å². The first-order chi connectivity index (χ1) is 8.88. The van der Waals surface area contributed by atoms with Gasteiger partial charge in [-0.1, -0.05) is 0 Å². The highest BCUT2D eigenvalue weighted by atomic mass is 16.5. The molecule has 1 fully saturated rings. The van der Waals surface area contributed by atoms with Gasteiger partial charge < -0.3 is 14.8 Å². The van der Waals surface area contributed by atoms with E-state index in [1.807, 2.05) is 24.3 Å². The van der Waals surface area contributed by atoms with Crippen molar-refractivity contribution in [3.63, 3.8) is 0 Å². The van der Waals surface area contributed by atoms with Gasteiger partial charge in [-0.15, -0.1) is 0 Å². The van der Waals surface area contributed by atoms with Crippen molar-refractivity contribution in [1.82, 2.24) is 5.32 Å². The second-order valence-electron chi connectivity index (χ2n) is 4.88. The van der Waals surface area contributed by atoms with Crippen LogP contribution in [0.4, 0.5) is 0 Å². The van der Waals surface area contributed by atoms with Crippen LogP contribution in [0, 0.1) is 5.92 Å². The molecule has 3 heteroatoms. The van der Waals surface area contributed by atoms with Crippen molar-refractivity contribution in [3.8, 4) is 11.5 Å². The van der Waals surface area contributed by atoms with Crippen LogP contribution < -0.4 is 14.8 Å². The molecule has 0 radical (unpaired) electrons. The Morgan fingerprint density at radius 2 is 2.00 bits per heavy atom. The zero-order valence-corrected chi connectivity index (χ0v) is 11.2. The van der Waals surface area contributed by atoms with Crippen molar-refractivity contribution < 1.29 is 9.47 Å². The fourth-order valence-corrected chi connectivity index (χ4v) is 2.40. The molecule has 1 heterocycles. The van der Waals surface area contributed by atoms with E-state index in [1.165, 1.54) is 32.4 Å². The van der Waals surface area contributed by atoms with Crippen molar-refractivity contribution in [1.29, 1.82) is 0 Å². The third kappa shape index (κ3) is 4.22. The Balaban J connectivity index is 1.62. The highest BCUT2D eigenvalue weighted by Crippen LogP contribution is 2.19. The van der Waals surface area contributed by atoms with E-state index in [9.17, 15) is 0 Å². The van der Waals surface area contributed by atoms with E-state index >= 15 is 0 Å². The van der Waals surface area contributed by atoms with Gasteiger partial charge in [0, 0.05) is 0 Å². The molecular weight excluding hydrogens is 226 g/mol. The number of piperidine rings is 1. The number of methoxy groups -OCH3 is 1. The molecule has 1 unspecified atom stereocenters. The van der Waals surface area contributed by atoms with E-state index in [0.29, 0.717) is 0 Å². The normalized spacial score (nSPS) is 19.5. The lowest BCUT2D eigenvalue weighted by Crippen LogP contribution is -2.29. The van der Waals surface area contributed by atoms with E-state index in [-0.39, 0.29) is 0 Å². The van der Waals surface area contributed by atoms with Crippen LogP contribution in [0.25, 0.3) is 0 Å². The van der Waals surface area contributed by atoms with Gasteiger partial charge in [0.2, 0.25) is 0 Å². The van der Waals surface area contributed by atoms with Crippen molar-refractivity contribution in [2.45, 2.75) is 25.7 Å². The number of ether oxygens (including phenoxy) is 2. The molecule has 0 amide bonds. The second kappa shape index (κ2) is 7.27. The first-order valence-electron chi connectivity index (χ1n) is 6.86. The minimum absolute atomic E-state index is 0.808. The molecule has 0 bridgehead atoms. The molecule has 3 nitrogen and oxygen atoms in total. The molecule has 100 valence electrons. The highest BCUT2D eigenvalue weighted by molar-refractivity contribution is 5.31. The summed E-state index contributed by atoms with van der Waals surface area (Å²) in [4.78, 5) is 0. The van der Waals surface area contributed by atoms with Crippen molar-refractivity contribution in [2.24, 2.45) is 5.92 Å². The molecule has 1 aromatic carbocycles. The molecule has 1 aromatic rings. The Hall–Kier alpha value is -1.22. The van der Waals surface area contributed by atoms with Gasteiger partial charge >= 0.3 is 0 Å². The summed E-state index contributed by atoms with van der Waals surface area (Å²) in [6, 6.07) is 7.78. The lowest BCUT2D eigenvalue weighted by molar-refractivity contribution is 0.275. The molecule has 1 saturated heterocycles. The lowest BCUT2D eigenvalue weighted by atomic mass is 9.95. The molecule has 0 saturated carbocycles. The topological polar surface area (TPSA) is 30.5 Å². The van der Waals surface area contributed by atoms with Crippen LogP contribution in [0.5, 0.6) is 11.5 Å². The average Bonchev–Trinajstić information content (AvgIpc) is 2.45. The highest BCUT2D eigenvalue weighted by Gasteiger charge is 2.11. The van der Waals surface area contributed by atoms with Gasteiger partial charge in [-0.2, -0.15) is 0 Å². The molecule has 1 aliphatic rings. The zero-order valence-electron chi connectivity index (χ0n) is 11.2. The minimum atomic E-state index is 0.808.